The summed E-state index contributed by atoms with van der Waals surface area (Å²) in [5, 5.41) is 5.92. The number of anilines is 1. The zero-order chi connectivity index (χ0) is 17.9. The molecule has 2 aliphatic rings. The van der Waals surface area contributed by atoms with Crippen LogP contribution in [0.5, 0.6) is 0 Å². The molecule has 8 heteroatoms. The molecule has 0 radical (unpaired) electrons. The number of thioether (sulfide) groups is 1. The quantitative estimate of drug-likeness (QED) is 0.815. The maximum atomic E-state index is 12.9. The average molecular weight is 384 g/mol. The topological polar surface area (TPSA) is 78.5 Å². The van der Waals surface area contributed by atoms with Crippen molar-refractivity contribution in [2.75, 3.05) is 24.0 Å². The molecule has 0 bridgehead atoms. The van der Waals surface area contributed by atoms with E-state index < -0.39 is 10.0 Å². The Labute approximate surface area is 153 Å². The van der Waals surface area contributed by atoms with Crippen molar-refractivity contribution < 1.29 is 13.2 Å². The molecule has 0 spiro atoms. The second-order valence-corrected chi connectivity index (χ2v) is 9.63. The van der Waals surface area contributed by atoms with Crippen molar-refractivity contribution in [3.05, 3.63) is 24.3 Å². The molecule has 1 saturated heterocycles. The van der Waals surface area contributed by atoms with Gasteiger partial charge in [-0.1, -0.05) is 25.3 Å². The van der Waals surface area contributed by atoms with Crippen LogP contribution in [0.4, 0.5) is 5.69 Å². The third-order valence-corrected chi connectivity index (χ3v) is 7.75. The minimum Gasteiger partial charge on any atom is -0.325 e. The van der Waals surface area contributed by atoms with Gasteiger partial charge in [0.2, 0.25) is 15.9 Å². The van der Waals surface area contributed by atoms with Gasteiger partial charge >= 0.3 is 0 Å². The van der Waals surface area contributed by atoms with Crippen LogP contribution in [0.2, 0.25) is 0 Å². The minimum atomic E-state index is -3.55. The van der Waals surface area contributed by atoms with Crippen LogP contribution in [0, 0.1) is 0 Å². The molecule has 1 atom stereocenters. The SMILES string of the molecule is CN(C1CCCCC1)S(=O)(=O)c1cccc(NC(=O)C2CSCN2)c1. The van der Waals surface area contributed by atoms with Gasteiger partial charge in [-0.05, 0) is 31.0 Å². The number of sulfonamides is 1. The fourth-order valence-corrected chi connectivity index (χ4v) is 5.74. The molecule has 1 saturated carbocycles. The maximum absolute atomic E-state index is 12.9. The van der Waals surface area contributed by atoms with E-state index in [1.807, 2.05) is 0 Å². The van der Waals surface area contributed by atoms with E-state index in [1.165, 1.54) is 10.7 Å². The highest BCUT2D eigenvalue weighted by Gasteiger charge is 2.29. The van der Waals surface area contributed by atoms with Crippen molar-refractivity contribution in [2.45, 2.75) is 49.1 Å². The molecular weight excluding hydrogens is 358 g/mol. The fourth-order valence-electron chi connectivity index (χ4n) is 3.33. The molecule has 3 rings (SSSR count). The highest BCUT2D eigenvalue weighted by molar-refractivity contribution is 7.99. The van der Waals surface area contributed by atoms with Crippen molar-refractivity contribution in [3.8, 4) is 0 Å². The number of benzene rings is 1. The lowest BCUT2D eigenvalue weighted by atomic mass is 9.96. The van der Waals surface area contributed by atoms with Crippen LogP contribution in [-0.4, -0.2) is 49.4 Å². The number of hydrogen-bond donors (Lipinski definition) is 2. The Bertz CT molecular complexity index is 712. The molecule has 0 aromatic heterocycles. The Balaban J connectivity index is 1.74. The lowest BCUT2D eigenvalue weighted by molar-refractivity contribution is -0.117. The van der Waals surface area contributed by atoms with Crippen molar-refractivity contribution in [2.24, 2.45) is 0 Å². The zero-order valence-electron chi connectivity index (χ0n) is 14.4. The Morgan fingerprint density at radius 3 is 2.72 bits per heavy atom. The molecular formula is C17H25N3O3S2. The highest BCUT2D eigenvalue weighted by atomic mass is 32.2. The zero-order valence-corrected chi connectivity index (χ0v) is 16.0. The molecule has 1 amide bonds. The Kier molecular flexibility index (Phi) is 6.04. The highest BCUT2D eigenvalue weighted by Crippen LogP contribution is 2.27. The molecule has 1 aromatic carbocycles. The number of carbonyl (C=O) groups is 1. The van der Waals surface area contributed by atoms with Crippen LogP contribution in [0.1, 0.15) is 32.1 Å². The van der Waals surface area contributed by atoms with E-state index in [4.69, 9.17) is 0 Å². The van der Waals surface area contributed by atoms with Gasteiger partial charge in [0.05, 0.1) is 10.9 Å². The Morgan fingerprint density at radius 1 is 1.28 bits per heavy atom. The van der Waals surface area contributed by atoms with E-state index in [0.29, 0.717) is 5.69 Å². The predicted molar refractivity (Wildman–Crippen MR) is 101 cm³/mol. The molecule has 1 heterocycles. The second-order valence-electron chi connectivity index (χ2n) is 6.60. The molecule has 6 nitrogen and oxygen atoms in total. The summed E-state index contributed by atoms with van der Waals surface area (Å²) >= 11 is 1.67. The first-order chi connectivity index (χ1) is 12.0. The van der Waals surface area contributed by atoms with E-state index in [1.54, 1.807) is 43.1 Å². The Morgan fingerprint density at radius 2 is 2.04 bits per heavy atom. The number of nitrogens with zero attached hydrogens (tertiary/aromatic N) is 1. The normalized spacial score (nSPS) is 22.2. The first-order valence-electron chi connectivity index (χ1n) is 8.68. The summed E-state index contributed by atoms with van der Waals surface area (Å²) in [5.41, 5.74) is 0.516. The van der Waals surface area contributed by atoms with Crippen LogP contribution in [0.25, 0.3) is 0 Å². The standard InChI is InChI=1S/C17H25N3O3S2/c1-20(14-7-3-2-4-8-14)25(22,23)15-9-5-6-13(10-15)19-17(21)16-11-24-12-18-16/h5-6,9-10,14,16,18H,2-4,7-8,11-12H2,1H3,(H,19,21). The van der Waals surface area contributed by atoms with Gasteiger partial charge in [0.15, 0.2) is 0 Å². The van der Waals surface area contributed by atoms with Crippen molar-refractivity contribution >= 4 is 33.4 Å². The van der Waals surface area contributed by atoms with Crippen LogP contribution >= 0.6 is 11.8 Å². The Hall–Kier alpha value is -1.09. The summed E-state index contributed by atoms with van der Waals surface area (Å²) in [6.45, 7) is 0. The summed E-state index contributed by atoms with van der Waals surface area (Å²) in [7, 11) is -1.89. The molecule has 1 unspecified atom stereocenters. The predicted octanol–water partition coefficient (Wildman–Crippen LogP) is 2.24. The van der Waals surface area contributed by atoms with Gasteiger partial charge in [0.25, 0.3) is 0 Å². The molecule has 1 aliphatic heterocycles. The van der Waals surface area contributed by atoms with E-state index >= 15 is 0 Å². The smallest absolute Gasteiger partial charge is 0.243 e. The minimum absolute atomic E-state index is 0.0664. The van der Waals surface area contributed by atoms with Crippen LogP contribution in [0.15, 0.2) is 29.2 Å². The van der Waals surface area contributed by atoms with Crippen molar-refractivity contribution in [3.63, 3.8) is 0 Å². The summed E-state index contributed by atoms with van der Waals surface area (Å²) < 4.78 is 27.3. The monoisotopic (exact) mass is 383 g/mol. The third kappa shape index (κ3) is 4.36. The molecule has 25 heavy (non-hydrogen) atoms. The van der Waals surface area contributed by atoms with Crippen LogP contribution in [-0.2, 0) is 14.8 Å². The van der Waals surface area contributed by atoms with E-state index in [-0.39, 0.29) is 22.9 Å². The molecule has 138 valence electrons. The van der Waals surface area contributed by atoms with Gasteiger partial charge in [-0.3, -0.25) is 10.1 Å². The summed E-state index contributed by atoms with van der Waals surface area (Å²) in [4.78, 5) is 12.4. The lowest BCUT2D eigenvalue weighted by Gasteiger charge is -2.30. The van der Waals surface area contributed by atoms with Gasteiger partial charge in [-0.2, -0.15) is 4.31 Å². The van der Waals surface area contributed by atoms with Crippen molar-refractivity contribution in [1.29, 1.82) is 0 Å². The largest absolute Gasteiger partial charge is 0.325 e. The van der Waals surface area contributed by atoms with Crippen molar-refractivity contribution in [1.82, 2.24) is 9.62 Å². The first kappa shape index (κ1) is 18.7. The molecule has 2 N–H and O–H groups in total. The second kappa shape index (κ2) is 8.07. The summed E-state index contributed by atoms with van der Waals surface area (Å²) in [6, 6.07) is 6.38. The average Bonchev–Trinajstić information content (AvgIpc) is 3.17. The fraction of sp³-hybridized carbons (Fsp3) is 0.588. The number of nitrogens with one attached hydrogen (secondary N) is 2. The number of carbonyl (C=O) groups excluding carboxylic acids is 1. The third-order valence-electron chi connectivity index (χ3n) is 4.90. The number of amides is 1. The van der Waals surface area contributed by atoms with Crippen LogP contribution in [0.3, 0.4) is 0 Å². The number of hydrogen-bond acceptors (Lipinski definition) is 5. The lowest BCUT2D eigenvalue weighted by Crippen LogP contribution is -2.38. The van der Waals surface area contributed by atoms with Gasteiger partial charge in [-0.25, -0.2) is 8.42 Å². The maximum Gasteiger partial charge on any atom is 0.243 e. The first-order valence-corrected chi connectivity index (χ1v) is 11.3. The summed E-state index contributed by atoms with van der Waals surface area (Å²) in [6.07, 6.45) is 5.16. The van der Waals surface area contributed by atoms with Gasteiger partial charge in [-0.15, -0.1) is 11.8 Å². The van der Waals surface area contributed by atoms with Gasteiger partial charge in [0, 0.05) is 30.4 Å². The van der Waals surface area contributed by atoms with Gasteiger partial charge in [0.1, 0.15) is 0 Å². The molecule has 2 fully saturated rings. The van der Waals surface area contributed by atoms with Gasteiger partial charge < -0.3 is 5.32 Å². The van der Waals surface area contributed by atoms with E-state index in [2.05, 4.69) is 10.6 Å². The van der Waals surface area contributed by atoms with Crippen LogP contribution < -0.4 is 10.6 Å². The summed E-state index contributed by atoms with van der Waals surface area (Å²) in [5.74, 6) is 1.37. The van der Waals surface area contributed by atoms with E-state index in [9.17, 15) is 13.2 Å². The number of rotatable bonds is 5. The van der Waals surface area contributed by atoms with E-state index in [0.717, 1.165) is 37.3 Å². The molecule has 1 aromatic rings. The molecule has 1 aliphatic carbocycles.